The Kier molecular flexibility index (Phi) is 5.85. The molecule has 4 aromatic rings. The maximum absolute atomic E-state index is 15.7. The van der Waals surface area contributed by atoms with E-state index in [0.717, 1.165) is 61.8 Å². The van der Waals surface area contributed by atoms with Crippen molar-refractivity contribution in [2.45, 2.75) is 35.8 Å². The van der Waals surface area contributed by atoms with E-state index in [9.17, 15) is 0 Å². The van der Waals surface area contributed by atoms with Crippen molar-refractivity contribution in [3.05, 3.63) is 134 Å². The first-order valence-electron chi connectivity index (χ1n) is 14.4. The molecule has 0 N–H and O–H groups in total. The molecular weight excluding hydrogens is 652 g/mol. The fourth-order valence-electron chi connectivity index (χ4n) is 8.69. The van der Waals surface area contributed by atoms with Crippen LogP contribution in [0, 0.1) is 0 Å². The van der Waals surface area contributed by atoms with Crippen LogP contribution in [-0.2, 0) is 20.5 Å². The summed E-state index contributed by atoms with van der Waals surface area (Å²) in [5.41, 5.74) is 4.15. The average molecular weight is 680 g/mol. The summed E-state index contributed by atoms with van der Waals surface area (Å²) in [5.74, 6) is -0.184. The fourth-order valence-corrected chi connectivity index (χ4v) is 9.22. The maximum Gasteiger partial charge on any atom is 0.253 e. The Morgan fingerprint density at radius 2 is 1.45 bits per heavy atom. The van der Waals surface area contributed by atoms with Crippen LogP contribution in [0.2, 0.25) is 0 Å². The van der Waals surface area contributed by atoms with Gasteiger partial charge in [-0.3, -0.25) is 14.5 Å². The SMILES string of the molecule is CN1C(=O)[C@@]2(c3ccccc31)N1CCCC1[C@@H](c1ccc(Br)cc1)[C@]21C(=O)/C(=C/c2ccc(Br)cc2)c2ccccc21. The van der Waals surface area contributed by atoms with Gasteiger partial charge < -0.3 is 4.90 Å². The van der Waals surface area contributed by atoms with Crippen LogP contribution in [-0.4, -0.2) is 36.2 Å². The lowest BCUT2D eigenvalue weighted by Gasteiger charge is -2.45. The Hall–Kier alpha value is -3.32. The smallest absolute Gasteiger partial charge is 0.253 e. The molecule has 42 heavy (non-hydrogen) atoms. The number of rotatable bonds is 2. The third-order valence-corrected chi connectivity index (χ3v) is 11.1. The van der Waals surface area contributed by atoms with Gasteiger partial charge in [0.2, 0.25) is 0 Å². The average Bonchev–Trinajstić information content (AvgIpc) is 3.70. The number of fused-ring (bicyclic) bond motifs is 7. The van der Waals surface area contributed by atoms with Crippen LogP contribution >= 0.6 is 31.9 Å². The van der Waals surface area contributed by atoms with Gasteiger partial charge in [0.15, 0.2) is 5.78 Å². The van der Waals surface area contributed by atoms with E-state index in [0.29, 0.717) is 5.57 Å². The van der Waals surface area contributed by atoms with Gasteiger partial charge in [-0.05, 0) is 78.0 Å². The van der Waals surface area contributed by atoms with Crippen LogP contribution < -0.4 is 4.90 Å². The molecule has 8 rings (SSSR count). The van der Waals surface area contributed by atoms with Gasteiger partial charge in [0.25, 0.3) is 5.91 Å². The number of Topliss-reactive ketones (excluding diaryl/α,β-unsaturated/α-hetero) is 1. The number of nitrogens with zero attached hydrogens (tertiary/aromatic N) is 2. The third kappa shape index (κ3) is 3.15. The number of carbonyl (C=O) groups is 2. The van der Waals surface area contributed by atoms with E-state index < -0.39 is 11.0 Å². The van der Waals surface area contributed by atoms with Crippen LogP contribution in [0.15, 0.2) is 106 Å². The van der Waals surface area contributed by atoms with Gasteiger partial charge in [-0.25, -0.2) is 0 Å². The lowest BCUT2D eigenvalue weighted by molar-refractivity contribution is -0.137. The summed E-state index contributed by atoms with van der Waals surface area (Å²) in [6.45, 7) is 0.772. The summed E-state index contributed by atoms with van der Waals surface area (Å²) >= 11 is 7.16. The molecule has 6 heteroatoms. The van der Waals surface area contributed by atoms with E-state index in [1.54, 1.807) is 4.90 Å². The minimum absolute atomic E-state index is 0.0109. The normalized spacial score (nSPS) is 28.7. The summed E-state index contributed by atoms with van der Waals surface area (Å²) in [6.07, 6.45) is 3.95. The highest BCUT2D eigenvalue weighted by molar-refractivity contribution is 9.10. The molecule has 208 valence electrons. The van der Waals surface area contributed by atoms with E-state index in [2.05, 4.69) is 79.2 Å². The molecule has 1 amide bonds. The first-order valence-corrected chi connectivity index (χ1v) is 16.0. The molecule has 1 aliphatic carbocycles. The van der Waals surface area contributed by atoms with Gasteiger partial charge in [0.05, 0.1) is 5.41 Å². The van der Waals surface area contributed by atoms with Gasteiger partial charge >= 0.3 is 0 Å². The number of carbonyl (C=O) groups excluding carboxylic acids is 2. The molecule has 3 aliphatic heterocycles. The quantitative estimate of drug-likeness (QED) is 0.204. The van der Waals surface area contributed by atoms with Gasteiger partial charge in [-0.2, -0.15) is 0 Å². The van der Waals surface area contributed by atoms with Gasteiger partial charge in [0, 0.05) is 44.8 Å². The number of hydrogen-bond donors (Lipinski definition) is 0. The Bertz CT molecular complexity index is 1820. The zero-order valence-electron chi connectivity index (χ0n) is 23.1. The number of likely N-dealkylation sites (N-methyl/N-ethyl adjacent to an activating group) is 1. The molecule has 3 heterocycles. The predicted octanol–water partition coefficient (Wildman–Crippen LogP) is 7.71. The number of ketones is 1. The van der Waals surface area contributed by atoms with Gasteiger partial charge in [0.1, 0.15) is 5.54 Å². The minimum Gasteiger partial charge on any atom is -0.313 e. The largest absolute Gasteiger partial charge is 0.313 e. The molecule has 4 aliphatic rings. The Labute approximate surface area is 262 Å². The number of benzene rings is 4. The van der Waals surface area contributed by atoms with Gasteiger partial charge in [-0.15, -0.1) is 0 Å². The van der Waals surface area contributed by atoms with E-state index in [4.69, 9.17) is 0 Å². The van der Waals surface area contributed by atoms with E-state index in [1.165, 1.54) is 0 Å². The molecule has 1 unspecified atom stereocenters. The van der Waals surface area contributed by atoms with Crippen LogP contribution in [0.25, 0.3) is 11.6 Å². The third-order valence-electron chi connectivity index (χ3n) is 10.1. The zero-order valence-corrected chi connectivity index (χ0v) is 26.2. The standard InChI is InChI=1S/C36H28Br2N2O2/c1-39-30-10-5-4-9-29(30)36(34(39)42)35(32(31-11-6-20-40(31)36)23-14-18-25(38)19-15-23)28-8-3-2-7-26(28)27(33(35)41)21-22-12-16-24(37)17-13-22/h2-5,7-10,12-19,21,31-32H,6,11,20H2,1H3/b27-21+/t31?,32-,35-,36-/m1/s1. The molecule has 2 fully saturated rings. The highest BCUT2D eigenvalue weighted by Gasteiger charge is 2.80. The number of para-hydroxylation sites is 1. The van der Waals surface area contributed by atoms with E-state index >= 15 is 9.59 Å². The summed E-state index contributed by atoms with van der Waals surface area (Å²) in [4.78, 5) is 35.0. The maximum atomic E-state index is 15.7. The Balaban J connectivity index is 1.51. The molecule has 0 radical (unpaired) electrons. The van der Waals surface area contributed by atoms with Crippen molar-refractivity contribution in [3.8, 4) is 0 Å². The molecule has 0 bridgehead atoms. The molecule has 4 aromatic carbocycles. The number of allylic oxidation sites excluding steroid dienone is 1. The first-order chi connectivity index (χ1) is 20.4. The van der Waals surface area contributed by atoms with Crippen LogP contribution in [0.4, 0.5) is 5.69 Å². The predicted molar refractivity (Wildman–Crippen MR) is 173 cm³/mol. The summed E-state index contributed by atoms with van der Waals surface area (Å²) in [5, 5.41) is 0. The number of amides is 1. The molecule has 2 saturated heterocycles. The Morgan fingerprint density at radius 1 is 0.810 bits per heavy atom. The topological polar surface area (TPSA) is 40.6 Å². The Morgan fingerprint density at radius 3 is 2.19 bits per heavy atom. The zero-order chi connectivity index (χ0) is 28.8. The van der Waals surface area contributed by atoms with Crippen molar-refractivity contribution < 1.29 is 9.59 Å². The van der Waals surface area contributed by atoms with Crippen molar-refractivity contribution in [1.29, 1.82) is 0 Å². The summed E-state index contributed by atoms with van der Waals surface area (Å²) in [6, 6.07) is 32.8. The second-order valence-electron chi connectivity index (χ2n) is 11.8. The second kappa shape index (κ2) is 9.34. The molecule has 4 nitrogen and oxygen atoms in total. The number of anilines is 1. The van der Waals surface area contributed by atoms with Crippen LogP contribution in [0.1, 0.15) is 46.6 Å². The van der Waals surface area contributed by atoms with Gasteiger partial charge in [-0.1, -0.05) is 98.6 Å². The van der Waals surface area contributed by atoms with Crippen molar-refractivity contribution in [2.75, 3.05) is 18.5 Å². The molecule has 0 saturated carbocycles. The minimum atomic E-state index is -1.15. The molecule has 0 aromatic heterocycles. The number of hydrogen-bond acceptors (Lipinski definition) is 3. The summed E-state index contributed by atoms with van der Waals surface area (Å²) in [7, 11) is 1.87. The molecule has 2 spiro atoms. The lowest BCUT2D eigenvalue weighted by atomic mass is 9.56. The van der Waals surface area contributed by atoms with Crippen LogP contribution in [0.3, 0.4) is 0 Å². The van der Waals surface area contributed by atoms with Crippen molar-refractivity contribution in [1.82, 2.24) is 4.90 Å². The van der Waals surface area contributed by atoms with Crippen molar-refractivity contribution in [2.24, 2.45) is 0 Å². The van der Waals surface area contributed by atoms with E-state index in [1.807, 2.05) is 67.7 Å². The number of halogens is 2. The molecular formula is C36H28Br2N2O2. The molecule has 4 atom stereocenters. The van der Waals surface area contributed by atoms with Crippen molar-refractivity contribution >= 4 is 60.9 Å². The van der Waals surface area contributed by atoms with Crippen LogP contribution in [0.5, 0.6) is 0 Å². The lowest BCUT2D eigenvalue weighted by Crippen LogP contribution is -2.61. The summed E-state index contributed by atoms with van der Waals surface area (Å²) < 4.78 is 1.98. The highest BCUT2D eigenvalue weighted by atomic mass is 79.9. The fraction of sp³-hybridized carbons (Fsp3) is 0.222. The first kappa shape index (κ1) is 26.3. The second-order valence-corrected chi connectivity index (χ2v) is 13.6. The highest BCUT2D eigenvalue weighted by Crippen LogP contribution is 2.71. The monoisotopic (exact) mass is 678 g/mol. The van der Waals surface area contributed by atoms with E-state index in [-0.39, 0.29) is 23.7 Å². The van der Waals surface area contributed by atoms with Crippen molar-refractivity contribution in [3.63, 3.8) is 0 Å².